The first-order valence-electron chi connectivity index (χ1n) is 8.83. The summed E-state index contributed by atoms with van der Waals surface area (Å²) in [7, 11) is 0. The minimum atomic E-state index is -0.467. The number of nitrogens with zero attached hydrogens (tertiary/aromatic N) is 2. The Labute approximate surface area is 165 Å². The molecule has 0 spiro atoms. The second-order valence-electron chi connectivity index (χ2n) is 6.31. The fourth-order valence-corrected chi connectivity index (χ4v) is 3.44. The van der Waals surface area contributed by atoms with E-state index in [1.54, 1.807) is 12.1 Å². The molecule has 2 aromatic heterocycles. The van der Waals surface area contributed by atoms with Crippen LogP contribution in [0.3, 0.4) is 0 Å². The lowest BCUT2D eigenvalue weighted by Gasteiger charge is -2.10. The molecule has 2 aromatic carbocycles. The van der Waals surface area contributed by atoms with E-state index in [9.17, 15) is 9.90 Å². The molecule has 2 heterocycles. The van der Waals surface area contributed by atoms with Crippen molar-refractivity contribution in [1.82, 2.24) is 14.5 Å². The fraction of sp³-hybridized carbons (Fsp3) is 0.0952. The van der Waals surface area contributed by atoms with Crippen LogP contribution in [-0.4, -0.2) is 32.4 Å². The molecular weight excluding hydrogens is 372 g/mol. The first kappa shape index (κ1) is 17.9. The van der Waals surface area contributed by atoms with Gasteiger partial charge in [-0.2, -0.15) is 0 Å². The molecule has 0 atom stereocenters. The molecule has 0 bridgehead atoms. The maximum atomic E-state index is 12.3. The number of hydrogen-bond acceptors (Lipinski definition) is 4. The number of para-hydroxylation sites is 2. The Bertz CT molecular complexity index is 1270. The lowest BCUT2D eigenvalue weighted by atomic mass is 10.1. The number of aromatic amines is 2. The Kier molecular flexibility index (Phi) is 4.90. The molecule has 0 saturated carbocycles. The van der Waals surface area contributed by atoms with Gasteiger partial charge < -0.3 is 10.1 Å². The summed E-state index contributed by atoms with van der Waals surface area (Å²) in [5.74, 6) is -0.226. The maximum absolute atomic E-state index is 12.3. The highest BCUT2D eigenvalue weighted by Gasteiger charge is 2.12. The molecule has 4 aromatic rings. The van der Waals surface area contributed by atoms with Crippen molar-refractivity contribution in [3.05, 3.63) is 87.0 Å². The van der Waals surface area contributed by atoms with Crippen molar-refractivity contribution in [2.45, 2.75) is 6.42 Å². The lowest BCUT2D eigenvalue weighted by molar-refractivity contribution is 0.432. The van der Waals surface area contributed by atoms with E-state index in [1.807, 2.05) is 42.6 Å². The van der Waals surface area contributed by atoms with Crippen molar-refractivity contribution in [2.24, 2.45) is 4.99 Å². The normalized spacial score (nSPS) is 11.4. The van der Waals surface area contributed by atoms with Gasteiger partial charge >= 0.3 is 0 Å². The number of nitrogens with one attached hydrogen (secondary N) is 2. The number of hydrogen-bond donors (Lipinski definition) is 3. The van der Waals surface area contributed by atoms with Crippen molar-refractivity contribution in [2.75, 3.05) is 6.54 Å². The monoisotopic (exact) mass is 390 g/mol. The van der Waals surface area contributed by atoms with Crippen molar-refractivity contribution < 1.29 is 5.11 Å². The largest absolute Gasteiger partial charge is 0.494 e. The van der Waals surface area contributed by atoms with E-state index in [1.165, 1.54) is 10.8 Å². The summed E-state index contributed by atoms with van der Waals surface area (Å²) in [6.45, 7) is 0.488. The summed E-state index contributed by atoms with van der Waals surface area (Å²) >= 11 is 5.20. The van der Waals surface area contributed by atoms with Crippen LogP contribution in [0.15, 0.2) is 70.6 Å². The molecule has 0 aliphatic carbocycles. The standard InChI is InChI=1S/C21H18N4O2S/c26-19-17(20(27)25(21(28)24-19)15-6-2-1-3-7-15)13-22-11-10-14-12-23-18-9-5-4-8-16(14)18/h1-9,12-13,23,27H,10-11H2,(H,24,26,28). The SMILES string of the molecule is O=c1[nH]c(=S)n(-c2ccccc2)c(O)c1C=NCCc1c[nH]c2ccccc12. The quantitative estimate of drug-likeness (QED) is 0.358. The van der Waals surface area contributed by atoms with Crippen LogP contribution in [-0.2, 0) is 6.42 Å². The van der Waals surface area contributed by atoms with Gasteiger partial charge in [-0.25, -0.2) is 0 Å². The summed E-state index contributed by atoms with van der Waals surface area (Å²) in [6.07, 6.45) is 4.09. The predicted octanol–water partition coefficient (Wildman–Crippen LogP) is 3.74. The Morgan fingerprint density at radius 2 is 1.86 bits per heavy atom. The van der Waals surface area contributed by atoms with E-state index in [0.717, 1.165) is 22.9 Å². The molecule has 6 nitrogen and oxygen atoms in total. The van der Waals surface area contributed by atoms with Gasteiger partial charge in [-0.15, -0.1) is 0 Å². The summed E-state index contributed by atoms with van der Waals surface area (Å²) in [5, 5.41) is 11.8. The Morgan fingerprint density at radius 3 is 2.68 bits per heavy atom. The lowest BCUT2D eigenvalue weighted by Crippen LogP contribution is -2.18. The first-order valence-corrected chi connectivity index (χ1v) is 9.24. The zero-order valence-corrected chi connectivity index (χ0v) is 15.7. The van der Waals surface area contributed by atoms with Crippen LogP contribution in [0.1, 0.15) is 11.1 Å². The molecule has 7 heteroatoms. The van der Waals surface area contributed by atoms with Crippen LogP contribution in [0.4, 0.5) is 0 Å². The average Bonchev–Trinajstić information content (AvgIpc) is 3.11. The third-order valence-electron chi connectivity index (χ3n) is 4.54. The average molecular weight is 390 g/mol. The Balaban J connectivity index is 1.59. The molecular formula is C21H18N4O2S. The highest BCUT2D eigenvalue weighted by atomic mass is 32.1. The third-order valence-corrected chi connectivity index (χ3v) is 4.83. The zero-order chi connectivity index (χ0) is 19.5. The third kappa shape index (κ3) is 3.39. The summed E-state index contributed by atoms with van der Waals surface area (Å²) in [5.41, 5.74) is 2.52. The summed E-state index contributed by atoms with van der Waals surface area (Å²) in [6, 6.07) is 17.2. The topological polar surface area (TPSA) is 86.2 Å². The van der Waals surface area contributed by atoms with Crippen molar-refractivity contribution in [3.63, 3.8) is 0 Å². The molecule has 140 valence electrons. The summed E-state index contributed by atoms with van der Waals surface area (Å²) in [4.78, 5) is 22.4. The highest BCUT2D eigenvalue weighted by molar-refractivity contribution is 7.71. The fourth-order valence-electron chi connectivity index (χ4n) is 3.15. The van der Waals surface area contributed by atoms with E-state index in [2.05, 4.69) is 21.0 Å². The van der Waals surface area contributed by atoms with Crippen LogP contribution >= 0.6 is 12.2 Å². The van der Waals surface area contributed by atoms with Gasteiger partial charge in [-0.1, -0.05) is 36.4 Å². The van der Waals surface area contributed by atoms with E-state index in [0.29, 0.717) is 12.2 Å². The minimum absolute atomic E-state index is 0.0800. The van der Waals surface area contributed by atoms with Crippen LogP contribution in [0, 0.1) is 4.77 Å². The smallest absolute Gasteiger partial charge is 0.264 e. The molecule has 4 rings (SSSR count). The number of rotatable bonds is 5. The molecule has 0 radical (unpaired) electrons. The number of benzene rings is 2. The highest BCUT2D eigenvalue weighted by Crippen LogP contribution is 2.19. The van der Waals surface area contributed by atoms with Crippen LogP contribution in [0.2, 0.25) is 0 Å². The molecule has 0 amide bonds. The van der Waals surface area contributed by atoms with E-state index in [-0.39, 0.29) is 16.2 Å². The van der Waals surface area contributed by atoms with Crippen LogP contribution in [0.25, 0.3) is 16.6 Å². The molecule has 0 saturated heterocycles. The first-order chi connectivity index (χ1) is 13.6. The number of aromatic hydroxyl groups is 1. The molecule has 0 aliphatic heterocycles. The van der Waals surface area contributed by atoms with Gasteiger partial charge in [-0.3, -0.25) is 19.3 Å². The van der Waals surface area contributed by atoms with Gasteiger partial charge in [0.1, 0.15) is 5.56 Å². The number of aromatic nitrogens is 3. The second-order valence-corrected chi connectivity index (χ2v) is 6.70. The van der Waals surface area contributed by atoms with Crippen molar-refractivity contribution in [1.29, 1.82) is 0 Å². The van der Waals surface area contributed by atoms with Crippen LogP contribution in [0.5, 0.6) is 5.88 Å². The number of fused-ring (bicyclic) bond motifs is 1. The van der Waals surface area contributed by atoms with Crippen molar-refractivity contribution in [3.8, 4) is 11.6 Å². The van der Waals surface area contributed by atoms with Gasteiger partial charge in [0.05, 0.1) is 5.69 Å². The molecule has 0 aliphatic rings. The number of aliphatic imine (C=N–C) groups is 1. The molecule has 3 N–H and O–H groups in total. The Hall–Kier alpha value is -3.45. The van der Waals surface area contributed by atoms with Gasteiger partial charge in [0.25, 0.3) is 5.56 Å². The molecule has 28 heavy (non-hydrogen) atoms. The number of H-pyrrole nitrogens is 2. The Morgan fingerprint density at radius 1 is 1.11 bits per heavy atom. The zero-order valence-electron chi connectivity index (χ0n) is 14.9. The maximum Gasteiger partial charge on any atom is 0.264 e. The van der Waals surface area contributed by atoms with E-state index >= 15 is 0 Å². The van der Waals surface area contributed by atoms with Crippen molar-refractivity contribution >= 4 is 29.3 Å². The van der Waals surface area contributed by atoms with Gasteiger partial charge in [0, 0.05) is 29.9 Å². The predicted molar refractivity (Wildman–Crippen MR) is 113 cm³/mol. The van der Waals surface area contributed by atoms with E-state index < -0.39 is 5.56 Å². The van der Waals surface area contributed by atoms with Gasteiger partial charge in [0.15, 0.2) is 4.77 Å². The van der Waals surface area contributed by atoms with Gasteiger partial charge in [0.2, 0.25) is 5.88 Å². The second kappa shape index (κ2) is 7.66. The molecule has 0 fully saturated rings. The molecule has 0 unspecified atom stereocenters. The minimum Gasteiger partial charge on any atom is -0.494 e. The van der Waals surface area contributed by atoms with E-state index in [4.69, 9.17) is 12.2 Å². The summed E-state index contributed by atoms with van der Waals surface area (Å²) < 4.78 is 1.54. The van der Waals surface area contributed by atoms with Gasteiger partial charge in [-0.05, 0) is 42.4 Å². The van der Waals surface area contributed by atoms with Crippen LogP contribution < -0.4 is 5.56 Å².